The van der Waals surface area contributed by atoms with Crippen LogP contribution in [0.5, 0.6) is 28.7 Å². The topological polar surface area (TPSA) is 169 Å². The maximum atomic E-state index is 14.7. The third-order valence-electron chi connectivity index (χ3n) is 8.08. The van der Waals surface area contributed by atoms with Gasteiger partial charge in [-0.25, -0.2) is 33.2 Å². The molecule has 0 aromatic heterocycles. The first-order valence-electron chi connectivity index (χ1n) is 17.2. The largest absolute Gasteiger partial charge is 0.490 e. The second kappa shape index (κ2) is 19.0. The molecule has 290 valence electrons. The quantitative estimate of drug-likeness (QED) is 0.0458. The third-order valence-corrected chi connectivity index (χ3v) is 8.08. The van der Waals surface area contributed by atoms with Gasteiger partial charge in [0.25, 0.3) is 0 Å². The molecule has 0 aliphatic heterocycles. The lowest BCUT2D eigenvalue weighted by atomic mass is 10.1. The van der Waals surface area contributed by atoms with E-state index in [1.165, 1.54) is 97.1 Å². The Morgan fingerprint density at radius 3 is 1.93 bits per heavy atom. The Balaban J connectivity index is 1.16. The number of carbonyl (C=O) groups is 5. The maximum absolute atomic E-state index is 14.7. The molecule has 0 spiro atoms. The molecule has 0 bridgehead atoms. The molecule has 14 heteroatoms. The van der Waals surface area contributed by atoms with E-state index in [1.54, 1.807) is 13.8 Å². The number of carbonyl (C=O) groups excluding carboxylic acids is 5. The van der Waals surface area contributed by atoms with E-state index in [2.05, 4.69) is 11.4 Å². The van der Waals surface area contributed by atoms with E-state index >= 15 is 0 Å². The molecule has 0 saturated carbocycles. The highest BCUT2D eigenvalue weighted by Crippen LogP contribution is 2.26. The van der Waals surface area contributed by atoms with Crippen LogP contribution in [-0.2, 0) is 9.53 Å². The van der Waals surface area contributed by atoms with E-state index in [1.807, 2.05) is 6.07 Å². The number of nitrogens with zero attached hydrogens (tertiary/aromatic N) is 2. The highest BCUT2D eigenvalue weighted by Gasteiger charge is 2.19. The summed E-state index contributed by atoms with van der Waals surface area (Å²) in [5.74, 6) is -4.64. The van der Waals surface area contributed by atoms with Gasteiger partial charge in [0, 0.05) is 12.5 Å². The molecule has 0 saturated heterocycles. The molecule has 0 aliphatic rings. The van der Waals surface area contributed by atoms with E-state index < -0.39 is 41.8 Å². The van der Waals surface area contributed by atoms with E-state index in [9.17, 15) is 33.6 Å². The Morgan fingerprint density at radius 2 is 1.31 bits per heavy atom. The van der Waals surface area contributed by atoms with Crippen molar-refractivity contribution in [3.05, 3.63) is 166 Å². The molecule has 0 radical (unpaired) electrons. The summed E-state index contributed by atoms with van der Waals surface area (Å²) in [6, 6.07) is 24.7. The second-order valence-electron chi connectivity index (χ2n) is 12.2. The van der Waals surface area contributed by atoms with Crippen molar-refractivity contribution < 1.29 is 56.8 Å². The fourth-order valence-electron chi connectivity index (χ4n) is 5.04. The summed E-state index contributed by atoms with van der Waals surface area (Å²) in [4.78, 5) is 66.1. The summed E-state index contributed by atoms with van der Waals surface area (Å²) in [5.41, 5.74) is 0.854. The van der Waals surface area contributed by atoms with Crippen molar-refractivity contribution in [2.75, 3.05) is 6.61 Å². The van der Waals surface area contributed by atoms with Gasteiger partial charge in [-0.3, -0.25) is 0 Å². The normalized spacial score (nSPS) is 10.8. The Labute approximate surface area is 331 Å². The summed E-state index contributed by atoms with van der Waals surface area (Å²) in [6.45, 7) is 13.7. The minimum absolute atomic E-state index is 0.00673. The van der Waals surface area contributed by atoms with Crippen molar-refractivity contribution in [1.29, 1.82) is 5.26 Å². The molecular formula is C44H31FN2O11. The Kier molecular flexibility index (Phi) is 13.4. The summed E-state index contributed by atoms with van der Waals surface area (Å²) < 4.78 is 46.7. The lowest BCUT2D eigenvalue weighted by Gasteiger charge is -2.13. The van der Waals surface area contributed by atoms with Crippen molar-refractivity contribution >= 4 is 35.5 Å². The molecule has 0 heterocycles. The standard InChI is InChI=1S/C44H31FN2O11/c1-5-40(48)54-27(3)20-21-53-38-19-10-29(23-37(38)45)42(50)55-33-13-8-28(9-14-33)41(49)58-39-24-30(6-7-31(39)25-46)43(51)57-35-17-18-36(26(2)22-35)44(52)56-34-15-11-32(47-4)12-16-34/h5-19,22-24,27H,1,20-21H2,2-3H3. The number of aryl methyl sites for hydroxylation is 1. The van der Waals surface area contributed by atoms with Gasteiger partial charge >= 0.3 is 29.8 Å². The molecule has 0 amide bonds. The molecule has 0 N–H and O–H groups in total. The van der Waals surface area contributed by atoms with E-state index in [4.69, 9.17) is 35.0 Å². The van der Waals surface area contributed by atoms with Crippen molar-refractivity contribution in [2.45, 2.75) is 26.4 Å². The van der Waals surface area contributed by atoms with E-state index in [0.29, 0.717) is 11.3 Å². The molecule has 1 unspecified atom stereocenters. The zero-order valence-electron chi connectivity index (χ0n) is 30.9. The number of rotatable bonds is 14. The summed E-state index contributed by atoms with van der Waals surface area (Å²) in [6.07, 6.45) is 0.837. The summed E-state index contributed by atoms with van der Waals surface area (Å²) in [7, 11) is 0. The number of ether oxygens (including phenoxy) is 6. The molecule has 1 atom stereocenters. The predicted molar refractivity (Wildman–Crippen MR) is 204 cm³/mol. The number of halogens is 1. The van der Waals surface area contributed by atoms with Crippen LogP contribution in [0, 0.1) is 30.6 Å². The van der Waals surface area contributed by atoms with Gasteiger partial charge in [0.2, 0.25) is 0 Å². The van der Waals surface area contributed by atoms with Gasteiger partial charge in [-0.15, -0.1) is 0 Å². The molecule has 13 nitrogen and oxygen atoms in total. The first-order chi connectivity index (χ1) is 27.9. The Hall–Kier alpha value is -8.10. The van der Waals surface area contributed by atoms with Crippen LogP contribution in [0.15, 0.2) is 116 Å². The van der Waals surface area contributed by atoms with Gasteiger partial charge in [0.15, 0.2) is 17.3 Å². The van der Waals surface area contributed by atoms with Crippen LogP contribution in [0.1, 0.15) is 65.9 Å². The Morgan fingerprint density at radius 1 is 0.741 bits per heavy atom. The number of hydrogen-bond donors (Lipinski definition) is 0. The van der Waals surface area contributed by atoms with Crippen LogP contribution in [0.25, 0.3) is 4.85 Å². The van der Waals surface area contributed by atoms with Crippen molar-refractivity contribution in [1.82, 2.24) is 0 Å². The van der Waals surface area contributed by atoms with Crippen LogP contribution in [0.3, 0.4) is 0 Å². The zero-order valence-corrected chi connectivity index (χ0v) is 30.9. The first-order valence-corrected chi connectivity index (χ1v) is 17.2. The SMILES string of the molecule is [C-]#[N+]c1ccc(OC(=O)c2ccc(OC(=O)c3ccc(C#N)c(OC(=O)c4ccc(OC(=O)c5ccc(OCCC(C)OC(=O)C=C)c(F)c5)cc4)c3)cc2C)cc1. The fourth-order valence-corrected chi connectivity index (χ4v) is 5.04. The van der Waals surface area contributed by atoms with Crippen molar-refractivity contribution in [3.8, 4) is 34.8 Å². The van der Waals surface area contributed by atoms with Crippen LogP contribution in [0.2, 0.25) is 0 Å². The second-order valence-corrected chi connectivity index (χ2v) is 12.2. The molecule has 58 heavy (non-hydrogen) atoms. The molecular weight excluding hydrogens is 751 g/mol. The van der Waals surface area contributed by atoms with Gasteiger partial charge in [-0.2, -0.15) is 5.26 Å². The average molecular weight is 783 g/mol. The highest BCUT2D eigenvalue weighted by atomic mass is 19.1. The molecule has 5 rings (SSSR count). The van der Waals surface area contributed by atoms with E-state index in [0.717, 1.165) is 12.1 Å². The first kappa shape index (κ1) is 41.1. The van der Waals surface area contributed by atoms with Crippen molar-refractivity contribution in [3.63, 3.8) is 0 Å². The number of hydrogen-bond acceptors (Lipinski definition) is 12. The maximum Gasteiger partial charge on any atom is 0.343 e. The van der Waals surface area contributed by atoms with Gasteiger partial charge in [-0.1, -0.05) is 18.7 Å². The predicted octanol–water partition coefficient (Wildman–Crippen LogP) is 8.32. The van der Waals surface area contributed by atoms with Gasteiger partial charge in [0.05, 0.1) is 41.0 Å². The zero-order chi connectivity index (χ0) is 41.8. The minimum atomic E-state index is -0.897. The van der Waals surface area contributed by atoms with Crippen LogP contribution in [-0.4, -0.2) is 42.6 Å². The summed E-state index contributed by atoms with van der Waals surface area (Å²) >= 11 is 0. The smallest absolute Gasteiger partial charge is 0.343 e. The highest BCUT2D eigenvalue weighted by molar-refractivity contribution is 5.95. The monoisotopic (exact) mass is 782 g/mol. The van der Waals surface area contributed by atoms with Crippen molar-refractivity contribution in [2.24, 2.45) is 0 Å². The van der Waals surface area contributed by atoms with Crippen LogP contribution < -0.4 is 23.7 Å². The van der Waals surface area contributed by atoms with Gasteiger partial charge in [0.1, 0.15) is 35.2 Å². The lowest BCUT2D eigenvalue weighted by Crippen LogP contribution is -2.16. The molecule has 5 aromatic rings. The van der Waals surface area contributed by atoms with E-state index in [-0.39, 0.29) is 69.6 Å². The molecule has 0 fully saturated rings. The van der Waals surface area contributed by atoms with Crippen LogP contribution in [0.4, 0.5) is 10.1 Å². The number of nitriles is 1. The number of esters is 5. The number of benzene rings is 5. The van der Waals surface area contributed by atoms with Crippen LogP contribution >= 0.6 is 0 Å². The fraction of sp³-hybridized carbons (Fsp3) is 0.114. The minimum Gasteiger partial charge on any atom is -0.490 e. The lowest BCUT2D eigenvalue weighted by molar-refractivity contribution is -0.142. The van der Waals surface area contributed by atoms with Gasteiger partial charge < -0.3 is 28.4 Å². The Bertz CT molecular complexity index is 2480. The third kappa shape index (κ3) is 10.8. The molecule has 5 aromatic carbocycles. The average Bonchev–Trinajstić information content (AvgIpc) is 3.21. The summed E-state index contributed by atoms with van der Waals surface area (Å²) in [5, 5.41) is 9.62. The molecule has 0 aliphatic carbocycles. The van der Waals surface area contributed by atoms with Gasteiger partial charge in [-0.05, 0) is 110 Å².